The van der Waals surface area contributed by atoms with Crippen LogP contribution in [0.1, 0.15) is 45.2 Å². The van der Waals surface area contributed by atoms with Gasteiger partial charge in [-0.15, -0.1) is 0 Å². The molecule has 2 aromatic carbocycles. The van der Waals surface area contributed by atoms with Crippen LogP contribution in [0.5, 0.6) is 5.75 Å². The summed E-state index contributed by atoms with van der Waals surface area (Å²) >= 11 is 0. The molecule has 1 saturated heterocycles. The second-order valence-electron chi connectivity index (χ2n) is 9.56. The van der Waals surface area contributed by atoms with E-state index >= 15 is 0 Å². The molecule has 0 unspecified atom stereocenters. The van der Waals surface area contributed by atoms with E-state index in [4.69, 9.17) is 9.47 Å². The minimum Gasteiger partial charge on any atom is -0.497 e. The molecule has 1 fully saturated rings. The van der Waals surface area contributed by atoms with Gasteiger partial charge in [-0.05, 0) is 35.6 Å². The molecule has 2 amide bonds. The van der Waals surface area contributed by atoms with Crippen molar-refractivity contribution in [3.8, 4) is 5.75 Å². The first-order valence-electron chi connectivity index (χ1n) is 11.6. The van der Waals surface area contributed by atoms with E-state index in [0.29, 0.717) is 5.75 Å². The lowest BCUT2D eigenvalue weighted by Gasteiger charge is -2.49. The Bertz CT molecular complexity index is 998. The van der Waals surface area contributed by atoms with Crippen molar-refractivity contribution < 1.29 is 23.9 Å². The Morgan fingerprint density at radius 3 is 2.03 bits per heavy atom. The van der Waals surface area contributed by atoms with Gasteiger partial charge in [-0.25, -0.2) is 0 Å². The number of rotatable bonds is 8. The lowest BCUT2D eigenvalue weighted by molar-refractivity contribution is -0.171. The van der Waals surface area contributed by atoms with Crippen molar-refractivity contribution in [1.29, 1.82) is 0 Å². The van der Waals surface area contributed by atoms with Crippen molar-refractivity contribution in [3.63, 3.8) is 0 Å². The van der Waals surface area contributed by atoms with E-state index in [-0.39, 0.29) is 37.9 Å². The fraction of sp³-hybridized carbons (Fsp3) is 0.444. The summed E-state index contributed by atoms with van der Waals surface area (Å²) in [6.07, 6.45) is -0.179. The number of piperazine rings is 1. The molecule has 182 valence electrons. The number of carbonyl (C=O) groups is 3. The molecule has 7 heteroatoms. The van der Waals surface area contributed by atoms with Gasteiger partial charge in [0.1, 0.15) is 17.8 Å². The number of methoxy groups -OCH3 is 1. The fourth-order valence-corrected chi connectivity index (χ4v) is 4.37. The highest BCUT2D eigenvalue weighted by atomic mass is 16.5. The minimum absolute atomic E-state index is 0.168. The molecule has 1 heterocycles. The van der Waals surface area contributed by atoms with Crippen LogP contribution in [0.2, 0.25) is 0 Å². The van der Waals surface area contributed by atoms with E-state index in [9.17, 15) is 14.4 Å². The average molecular weight is 467 g/mol. The molecule has 2 atom stereocenters. The molecule has 1 aliphatic rings. The summed E-state index contributed by atoms with van der Waals surface area (Å²) in [7, 11) is 1.60. The smallest absolute Gasteiger partial charge is 0.308 e. The van der Waals surface area contributed by atoms with Gasteiger partial charge >= 0.3 is 5.97 Å². The van der Waals surface area contributed by atoms with Crippen molar-refractivity contribution in [1.82, 2.24) is 9.80 Å². The summed E-state index contributed by atoms with van der Waals surface area (Å²) < 4.78 is 10.4. The summed E-state index contributed by atoms with van der Waals surface area (Å²) in [4.78, 5) is 43.4. The Hall–Kier alpha value is -3.35. The van der Waals surface area contributed by atoms with Crippen LogP contribution in [0.15, 0.2) is 54.6 Å². The molecule has 7 nitrogen and oxygen atoms in total. The molecule has 0 bridgehead atoms. The first-order chi connectivity index (χ1) is 16.2. The normalized spacial score (nSPS) is 18.7. The highest BCUT2D eigenvalue weighted by molar-refractivity contribution is 5.99. The number of esters is 1. The van der Waals surface area contributed by atoms with Gasteiger partial charge in [0.2, 0.25) is 11.8 Å². The van der Waals surface area contributed by atoms with Crippen molar-refractivity contribution in [3.05, 3.63) is 65.7 Å². The van der Waals surface area contributed by atoms with E-state index < -0.39 is 23.5 Å². The lowest BCUT2D eigenvalue weighted by atomic mass is 9.81. The summed E-state index contributed by atoms with van der Waals surface area (Å²) in [6, 6.07) is 15.3. The van der Waals surface area contributed by atoms with Gasteiger partial charge < -0.3 is 19.3 Å². The van der Waals surface area contributed by atoms with Crippen LogP contribution in [-0.4, -0.2) is 53.4 Å². The SMILES string of the molecule is CCOC(=O)C[C@@H]1C(=O)N(Cc2ccc(OC)cc2)[C@@H](C(C)(C)C)C(=O)N1Cc1ccccc1. The molecule has 0 aromatic heterocycles. The minimum atomic E-state index is -0.927. The molecule has 34 heavy (non-hydrogen) atoms. The topological polar surface area (TPSA) is 76.1 Å². The first kappa shape index (κ1) is 25.3. The number of ether oxygens (including phenoxy) is 2. The van der Waals surface area contributed by atoms with Gasteiger partial charge in [0.05, 0.1) is 20.1 Å². The Kier molecular flexibility index (Phi) is 7.97. The standard InChI is InChI=1S/C27H34N2O5/c1-6-34-23(30)16-22-25(31)29(18-20-12-14-21(33-5)15-13-20)24(27(2,3)4)26(32)28(22)17-19-10-8-7-9-11-19/h7-15,22,24H,6,16-18H2,1-5H3/t22-,24-/m1/s1. The monoisotopic (exact) mass is 466 g/mol. The number of amides is 2. The van der Waals surface area contributed by atoms with Crippen molar-refractivity contribution in [2.75, 3.05) is 13.7 Å². The molecule has 0 radical (unpaired) electrons. The summed E-state index contributed by atoms with van der Waals surface area (Å²) in [5.41, 5.74) is 1.26. The maximum atomic E-state index is 13.9. The second-order valence-corrected chi connectivity index (χ2v) is 9.56. The van der Waals surface area contributed by atoms with Crippen LogP contribution in [0.4, 0.5) is 0 Å². The van der Waals surface area contributed by atoms with Crippen LogP contribution >= 0.6 is 0 Å². The molecule has 3 rings (SSSR count). The Labute approximate surface area is 201 Å². The quantitative estimate of drug-likeness (QED) is 0.553. The zero-order chi connectivity index (χ0) is 24.9. The van der Waals surface area contributed by atoms with Crippen molar-refractivity contribution in [2.45, 2.75) is 59.3 Å². The Morgan fingerprint density at radius 2 is 1.47 bits per heavy atom. The van der Waals surface area contributed by atoms with E-state index in [2.05, 4.69) is 0 Å². The number of hydrogen-bond acceptors (Lipinski definition) is 5. The molecule has 2 aromatic rings. The molecule has 1 aliphatic heterocycles. The summed E-state index contributed by atoms with van der Waals surface area (Å²) in [5, 5.41) is 0. The van der Waals surface area contributed by atoms with Crippen molar-refractivity contribution in [2.24, 2.45) is 5.41 Å². The maximum Gasteiger partial charge on any atom is 0.308 e. The Balaban J connectivity index is 2.00. The van der Waals surface area contributed by atoms with Crippen LogP contribution in [0.25, 0.3) is 0 Å². The predicted molar refractivity (Wildman–Crippen MR) is 129 cm³/mol. The third-order valence-electron chi connectivity index (χ3n) is 5.97. The molecular weight excluding hydrogens is 432 g/mol. The summed E-state index contributed by atoms with van der Waals surface area (Å²) in [6.45, 7) is 8.31. The lowest BCUT2D eigenvalue weighted by Crippen LogP contribution is -2.67. The van der Waals surface area contributed by atoms with Gasteiger partial charge in [-0.3, -0.25) is 14.4 Å². The van der Waals surface area contributed by atoms with Crippen LogP contribution in [0, 0.1) is 5.41 Å². The predicted octanol–water partition coefficient (Wildman–Crippen LogP) is 3.80. The molecule has 0 aliphatic carbocycles. The number of hydrogen-bond donors (Lipinski definition) is 0. The zero-order valence-corrected chi connectivity index (χ0v) is 20.6. The van der Waals surface area contributed by atoms with Gasteiger partial charge in [0.25, 0.3) is 0 Å². The van der Waals surface area contributed by atoms with Gasteiger partial charge in [-0.1, -0.05) is 63.2 Å². The van der Waals surface area contributed by atoms with Gasteiger partial charge in [0.15, 0.2) is 0 Å². The van der Waals surface area contributed by atoms with E-state index in [1.54, 1.807) is 23.8 Å². The van der Waals surface area contributed by atoms with E-state index in [1.807, 2.05) is 75.4 Å². The first-order valence-corrected chi connectivity index (χ1v) is 11.6. The number of carbonyl (C=O) groups excluding carboxylic acids is 3. The largest absolute Gasteiger partial charge is 0.497 e. The Morgan fingerprint density at radius 1 is 0.882 bits per heavy atom. The highest BCUT2D eigenvalue weighted by Gasteiger charge is 2.50. The zero-order valence-electron chi connectivity index (χ0n) is 20.6. The van der Waals surface area contributed by atoms with Crippen LogP contribution < -0.4 is 4.74 Å². The number of nitrogens with zero attached hydrogens (tertiary/aromatic N) is 2. The highest BCUT2D eigenvalue weighted by Crippen LogP contribution is 2.34. The molecular formula is C27H34N2O5. The molecule has 0 saturated carbocycles. The molecule has 0 N–H and O–H groups in total. The van der Waals surface area contributed by atoms with Crippen LogP contribution in [-0.2, 0) is 32.2 Å². The summed E-state index contributed by atoms with van der Waals surface area (Å²) in [5.74, 6) is -0.199. The van der Waals surface area contributed by atoms with E-state index in [1.165, 1.54) is 0 Å². The number of benzene rings is 2. The maximum absolute atomic E-state index is 13.9. The third-order valence-corrected chi connectivity index (χ3v) is 5.97. The van der Waals surface area contributed by atoms with Crippen molar-refractivity contribution >= 4 is 17.8 Å². The fourth-order valence-electron chi connectivity index (χ4n) is 4.37. The average Bonchev–Trinajstić information content (AvgIpc) is 2.80. The molecule has 0 spiro atoms. The third kappa shape index (κ3) is 5.76. The van der Waals surface area contributed by atoms with Gasteiger partial charge in [0, 0.05) is 13.1 Å². The van der Waals surface area contributed by atoms with Gasteiger partial charge in [-0.2, -0.15) is 0 Å². The van der Waals surface area contributed by atoms with E-state index in [0.717, 1.165) is 11.1 Å². The second kappa shape index (κ2) is 10.7. The van der Waals surface area contributed by atoms with Crippen LogP contribution in [0.3, 0.4) is 0 Å².